The standard InChI is InChI=1S/C27H31N5O/c1-3-4-13-31-14-15-32(26(27(31)33)23-8-6-5-7-20(23)2)25(24-18-29-19-30-24)16-21-9-11-22(17-28)12-10-21/h5-12,18-19,25-26H,3-4,13-16H2,1-2H3,(H,29,30)/t25-,26-/m0/s1. The fraction of sp³-hybridized carbons (Fsp3) is 0.370. The molecule has 1 saturated heterocycles. The number of carbonyl (C=O) groups excluding carboxylic acids is 1. The van der Waals surface area contributed by atoms with Crippen LogP contribution < -0.4 is 0 Å². The Kier molecular flexibility index (Phi) is 7.21. The van der Waals surface area contributed by atoms with Crippen LogP contribution in [0.4, 0.5) is 0 Å². The second kappa shape index (κ2) is 10.5. The monoisotopic (exact) mass is 441 g/mol. The number of carbonyl (C=O) groups is 1. The van der Waals surface area contributed by atoms with Crippen molar-refractivity contribution in [3.8, 4) is 6.07 Å². The number of H-pyrrole nitrogens is 1. The van der Waals surface area contributed by atoms with Gasteiger partial charge in [0.15, 0.2) is 0 Å². The number of nitrogens with one attached hydrogen (secondary N) is 1. The molecule has 4 rings (SSSR count). The molecule has 1 fully saturated rings. The predicted molar refractivity (Wildman–Crippen MR) is 128 cm³/mol. The molecule has 2 heterocycles. The van der Waals surface area contributed by atoms with Crippen LogP contribution in [0.5, 0.6) is 0 Å². The summed E-state index contributed by atoms with van der Waals surface area (Å²) in [5, 5.41) is 9.15. The number of aryl methyl sites for hydroxylation is 1. The summed E-state index contributed by atoms with van der Waals surface area (Å²) in [5.41, 5.74) is 4.95. The maximum Gasteiger partial charge on any atom is 0.244 e. The van der Waals surface area contributed by atoms with E-state index >= 15 is 0 Å². The molecule has 2 atom stereocenters. The van der Waals surface area contributed by atoms with Crippen molar-refractivity contribution in [1.82, 2.24) is 19.8 Å². The Labute approximate surface area is 195 Å². The molecule has 33 heavy (non-hydrogen) atoms. The molecule has 1 aliphatic rings. The highest BCUT2D eigenvalue weighted by molar-refractivity contribution is 5.84. The second-order valence-electron chi connectivity index (χ2n) is 8.71. The van der Waals surface area contributed by atoms with Crippen LogP contribution in [-0.2, 0) is 11.2 Å². The van der Waals surface area contributed by atoms with Gasteiger partial charge in [0.05, 0.1) is 29.7 Å². The van der Waals surface area contributed by atoms with Gasteiger partial charge in [-0.3, -0.25) is 9.69 Å². The summed E-state index contributed by atoms with van der Waals surface area (Å²) in [6, 6.07) is 17.7. The number of piperazine rings is 1. The lowest BCUT2D eigenvalue weighted by Gasteiger charge is -2.45. The summed E-state index contributed by atoms with van der Waals surface area (Å²) in [6.45, 7) is 6.55. The van der Waals surface area contributed by atoms with Crippen molar-refractivity contribution in [2.45, 2.75) is 45.2 Å². The number of amides is 1. The number of nitrogens with zero attached hydrogens (tertiary/aromatic N) is 4. The largest absolute Gasteiger partial charge is 0.347 e. The van der Waals surface area contributed by atoms with Gasteiger partial charge in [-0.05, 0) is 48.6 Å². The topological polar surface area (TPSA) is 76.0 Å². The molecule has 6 nitrogen and oxygen atoms in total. The average Bonchev–Trinajstić information content (AvgIpc) is 3.37. The third kappa shape index (κ3) is 4.99. The minimum atomic E-state index is -0.344. The molecule has 0 radical (unpaired) electrons. The van der Waals surface area contributed by atoms with Gasteiger partial charge in [-0.1, -0.05) is 49.7 Å². The highest BCUT2D eigenvalue weighted by Gasteiger charge is 2.40. The van der Waals surface area contributed by atoms with E-state index in [1.54, 1.807) is 6.33 Å². The molecule has 1 aromatic heterocycles. The molecule has 0 spiro atoms. The Bertz CT molecular complexity index is 1100. The first-order valence-corrected chi connectivity index (χ1v) is 11.7. The number of hydrogen-bond acceptors (Lipinski definition) is 4. The van der Waals surface area contributed by atoms with Gasteiger partial charge in [-0.25, -0.2) is 4.98 Å². The smallest absolute Gasteiger partial charge is 0.244 e. The molecule has 1 N–H and O–H groups in total. The fourth-order valence-electron chi connectivity index (χ4n) is 4.70. The van der Waals surface area contributed by atoms with Crippen LogP contribution in [0, 0.1) is 18.3 Å². The maximum absolute atomic E-state index is 13.8. The van der Waals surface area contributed by atoms with E-state index in [4.69, 9.17) is 5.26 Å². The SMILES string of the molecule is CCCCN1CCN([C@@H](Cc2ccc(C#N)cc2)c2cnc[nH]2)[C@@H](c2ccccc2C)C1=O. The third-order valence-electron chi connectivity index (χ3n) is 6.56. The number of imidazole rings is 1. The minimum Gasteiger partial charge on any atom is -0.347 e. The van der Waals surface area contributed by atoms with Crippen molar-refractivity contribution in [3.05, 3.63) is 89.0 Å². The number of unbranched alkanes of at least 4 members (excludes halogenated alkanes) is 1. The molecule has 2 aromatic carbocycles. The first-order valence-electron chi connectivity index (χ1n) is 11.7. The van der Waals surface area contributed by atoms with Crippen LogP contribution in [0.3, 0.4) is 0 Å². The van der Waals surface area contributed by atoms with Gasteiger partial charge >= 0.3 is 0 Å². The minimum absolute atomic E-state index is 0.0395. The van der Waals surface area contributed by atoms with Crippen LogP contribution >= 0.6 is 0 Å². The summed E-state index contributed by atoms with van der Waals surface area (Å²) >= 11 is 0. The van der Waals surface area contributed by atoms with Crippen molar-refractivity contribution in [2.24, 2.45) is 0 Å². The van der Waals surface area contributed by atoms with E-state index in [1.165, 1.54) is 0 Å². The Hall–Kier alpha value is -3.43. The van der Waals surface area contributed by atoms with E-state index in [-0.39, 0.29) is 18.0 Å². The molecule has 170 valence electrons. The lowest BCUT2D eigenvalue weighted by atomic mass is 9.92. The first-order chi connectivity index (χ1) is 16.1. The summed E-state index contributed by atoms with van der Waals surface area (Å²) < 4.78 is 0. The molecular weight excluding hydrogens is 410 g/mol. The summed E-state index contributed by atoms with van der Waals surface area (Å²) in [4.78, 5) is 25.8. The first kappa shape index (κ1) is 22.8. The van der Waals surface area contributed by atoms with E-state index in [1.807, 2.05) is 47.5 Å². The van der Waals surface area contributed by atoms with E-state index in [9.17, 15) is 4.79 Å². The van der Waals surface area contributed by atoms with Crippen LogP contribution in [0.1, 0.15) is 59.8 Å². The predicted octanol–water partition coefficient (Wildman–Crippen LogP) is 4.56. The summed E-state index contributed by atoms with van der Waals surface area (Å²) in [7, 11) is 0. The van der Waals surface area contributed by atoms with Gasteiger partial charge in [0, 0.05) is 25.8 Å². The number of aromatic amines is 1. The third-order valence-corrected chi connectivity index (χ3v) is 6.56. The van der Waals surface area contributed by atoms with Crippen molar-refractivity contribution < 1.29 is 4.79 Å². The zero-order chi connectivity index (χ0) is 23.2. The Balaban J connectivity index is 1.72. The fourth-order valence-corrected chi connectivity index (χ4v) is 4.70. The summed E-state index contributed by atoms with van der Waals surface area (Å²) in [6.07, 6.45) is 6.36. The van der Waals surface area contributed by atoms with Crippen LogP contribution in [-0.4, -0.2) is 45.3 Å². The molecule has 0 saturated carbocycles. The quantitative estimate of drug-likeness (QED) is 0.556. The normalized spacial score (nSPS) is 17.7. The molecule has 1 amide bonds. The maximum atomic E-state index is 13.8. The highest BCUT2D eigenvalue weighted by atomic mass is 16.2. The van der Waals surface area contributed by atoms with E-state index < -0.39 is 0 Å². The molecule has 3 aromatic rings. The van der Waals surface area contributed by atoms with Crippen molar-refractivity contribution in [3.63, 3.8) is 0 Å². The number of benzene rings is 2. The number of hydrogen-bond donors (Lipinski definition) is 1. The van der Waals surface area contributed by atoms with Gasteiger partial charge in [-0.2, -0.15) is 5.26 Å². The molecular formula is C27H31N5O. The number of rotatable bonds is 8. The summed E-state index contributed by atoms with van der Waals surface area (Å²) in [5.74, 6) is 0.174. The molecule has 0 unspecified atom stereocenters. The Morgan fingerprint density at radius 1 is 1.18 bits per heavy atom. The molecule has 0 aliphatic carbocycles. The van der Waals surface area contributed by atoms with Crippen molar-refractivity contribution in [1.29, 1.82) is 5.26 Å². The van der Waals surface area contributed by atoms with Crippen molar-refractivity contribution >= 4 is 5.91 Å². The van der Waals surface area contributed by atoms with Gasteiger partial charge in [0.25, 0.3) is 0 Å². The van der Waals surface area contributed by atoms with Crippen LogP contribution in [0.15, 0.2) is 61.1 Å². The molecule has 1 aliphatic heterocycles. The Morgan fingerprint density at radius 3 is 2.64 bits per heavy atom. The average molecular weight is 442 g/mol. The number of aromatic nitrogens is 2. The highest BCUT2D eigenvalue weighted by Crippen LogP contribution is 2.37. The van der Waals surface area contributed by atoms with Gasteiger partial charge < -0.3 is 9.88 Å². The zero-order valence-corrected chi connectivity index (χ0v) is 19.4. The second-order valence-corrected chi connectivity index (χ2v) is 8.71. The van der Waals surface area contributed by atoms with Crippen molar-refractivity contribution in [2.75, 3.05) is 19.6 Å². The van der Waals surface area contributed by atoms with E-state index in [0.717, 1.165) is 61.3 Å². The zero-order valence-electron chi connectivity index (χ0n) is 19.4. The van der Waals surface area contributed by atoms with Crippen LogP contribution in [0.25, 0.3) is 0 Å². The van der Waals surface area contributed by atoms with Gasteiger partial charge in [0.1, 0.15) is 6.04 Å². The lowest BCUT2D eigenvalue weighted by Crippen LogP contribution is -2.53. The van der Waals surface area contributed by atoms with Gasteiger partial charge in [0.2, 0.25) is 5.91 Å². The molecule has 6 heteroatoms. The Morgan fingerprint density at radius 2 is 1.97 bits per heavy atom. The van der Waals surface area contributed by atoms with Crippen LogP contribution in [0.2, 0.25) is 0 Å². The van der Waals surface area contributed by atoms with Gasteiger partial charge in [-0.15, -0.1) is 0 Å². The molecule has 0 bridgehead atoms. The number of nitriles is 1. The van der Waals surface area contributed by atoms with E-state index in [2.05, 4.69) is 46.9 Å². The lowest BCUT2D eigenvalue weighted by molar-refractivity contribution is -0.144. The van der Waals surface area contributed by atoms with E-state index in [0.29, 0.717) is 5.56 Å².